The number of fused-ring (bicyclic) bond motifs is 2. The molecule has 28 heavy (non-hydrogen) atoms. The molecule has 0 bridgehead atoms. The summed E-state index contributed by atoms with van der Waals surface area (Å²) in [5.74, 6) is 0.0472. The van der Waals surface area contributed by atoms with E-state index < -0.39 is 11.8 Å². The molecule has 3 unspecified atom stereocenters. The minimum Gasteiger partial charge on any atom is -0.488 e. The normalized spacial score (nSPS) is 31.3. The molecule has 7 heteroatoms. The van der Waals surface area contributed by atoms with Gasteiger partial charge in [-0.2, -0.15) is 0 Å². The van der Waals surface area contributed by atoms with Crippen LogP contribution >= 0.6 is 11.6 Å². The average Bonchev–Trinajstić information content (AvgIpc) is 3.37. The molecule has 0 N–H and O–H groups in total. The summed E-state index contributed by atoms with van der Waals surface area (Å²) in [6.07, 6.45) is 10.2. The molecule has 2 amide bonds. The molecule has 0 spiro atoms. The lowest BCUT2D eigenvalue weighted by molar-refractivity contribution is -0.151. The van der Waals surface area contributed by atoms with Crippen LogP contribution in [0.3, 0.4) is 0 Å². The van der Waals surface area contributed by atoms with Gasteiger partial charge in [-0.3, -0.25) is 14.6 Å². The maximum atomic E-state index is 13.4. The van der Waals surface area contributed by atoms with Gasteiger partial charge in [0.1, 0.15) is 5.66 Å². The lowest BCUT2D eigenvalue weighted by Gasteiger charge is -2.52. The first kappa shape index (κ1) is 17.7. The molecule has 1 saturated heterocycles. The topological polar surface area (TPSA) is 62.7 Å². The summed E-state index contributed by atoms with van der Waals surface area (Å²) in [5, 5.41) is 0.860. The summed E-state index contributed by atoms with van der Waals surface area (Å²) in [5.41, 5.74) is 0.723. The fraction of sp³-hybridized carbons (Fsp3) is 0.476. The van der Waals surface area contributed by atoms with Crippen molar-refractivity contribution in [1.82, 2.24) is 14.8 Å². The van der Waals surface area contributed by atoms with Crippen molar-refractivity contribution in [3.63, 3.8) is 0 Å². The Labute approximate surface area is 168 Å². The van der Waals surface area contributed by atoms with Crippen molar-refractivity contribution in [2.24, 2.45) is 5.92 Å². The number of hydrogen-bond acceptors (Lipinski definition) is 4. The van der Waals surface area contributed by atoms with Gasteiger partial charge in [0.25, 0.3) is 11.8 Å². The summed E-state index contributed by atoms with van der Waals surface area (Å²) in [4.78, 5) is 35.1. The number of hydrogen-bond donors (Lipinski definition) is 0. The van der Waals surface area contributed by atoms with Crippen molar-refractivity contribution in [3.05, 3.63) is 53.0 Å². The molecule has 1 aromatic rings. The Kier molecular flexibility index (Phi) is 4.19. The molecule has 1 aromatic heterocycles. The number of allylic oxidation sites excluding steroid dienone is 2. The second-order valence-corrected chi connectivity index (χ2v) is 8.34. The van der Waals surface area contributed by atoms with E-state index in [2.05, 4.69) is 4.98 Å². The molecule has 146 valence electrons. The van der Waals surface area contributed by atoms with Crippen molar-refractivity contribution < 1.29 is 14.3 Å². The summed E-state index contributed by atoms with van der Waals surface area (Å²) in [7, 11) is 0. The fourth-order valence-corrected chi connectivity index (χ4v) is 5.39. The number of ether oxygens (including phenoxy) is 1. The molecule has 5 rings (SSSR count). The highest BCUT2D eigenvalue weighted by Crippen LogP contribution is 2.47. The van der Waals surface area contributed by atoms with Crippen LogP contribution in [0.15, 0.2) is 41.8 Å². The molecule has 0 saturated carbocycles. The van der Waals surface area contributed by atoms with E-state index in [4.69, 9.17) is 16.3 Å². The van der Waals surface area contributed by atoms with E-state index in [0.717, 1.165) is 30.0 Å². The summed E-state index contributed by atoms with van der Waals surface area (Å²) < 4.78 is 5.53. The molecule has 0 radical (unpaired) electrons. The molecule has 1 aliphatic carbocycles. The van der Waals surface area contributed by atoms with Gasteiger partial charge in [-0.15, -0.1) is 0 Å². The van der Waals surface area contributed by atoms with Gasteiger partial charge in [0.05, 0.1) is 17.5 Å². The van der Waals surface area contributed by atoms with Crippen LogP contribution in [0.5, 0.6) is 0 Å². The molecule has 3 atom stereocenters. The van der Waals surface area contributed by atoms with E-state index in [1.807, 2.05) is 28.0 Å². The molecular weight excluding hydrogens is 378 g/mol. The number of amides is 2. The summed E-state index contributed by atoms with van der Waals surface area (Å²) >= 11 is 6.23. The van der Waals surface area contributed by atoms with Crippen LogP contribution < -0.4 is 0 Å². The van der Waals surface area contributed by atoms with Crippen molar-refractivity contribution in [3.8, 4) is 0 Å². The third kappa shape index (κ3) is 2.50. The number of aromatic nitrogens is 1. The Morgan fingerprint density at radius 1 is 1.32 bits per heavy atom. The highest BCUT2D eigenvalue weighted by atomic mass is 35.5. The third-order valence-corrected chi connectivity index (χ3v) is 6.86. The molecule has 1 fully saturated rings. The van der Waals surface area contributed by atoms with Crippen LogP contribution in [0.4, 0.5) is 0 Å². The average molecular weight is 400 g/mol. The first-order chi connectivity index (χ1) is 13.6. The lowest BCUT2D eigenvalue weighted by atomic mass is 9.76. The van der Waals surface area contributed by atoms with Gasteiger partial charge in [-0.05, 0) is 37.5 Å². The zero-order valence-corrected chi connectivity index (χ0v) is 16.3. The monoisotopic (exact) mass is 399 g/mol. The van der Waals surface area contributed by atoms with Gasteiger partial charge >= 0.3 is 0 Å². The molecule has 0 aromatic carbocycles. The Morgan fingerprint density at radius 2 is 2.21 bits per heavy atom. The first-order valence-electron chi connectivity index (χ1n) is 9.83. The zero-order chi connectivity index (χ0) is 19.3. The van der Waals surface area contributed by atoms with Crippen LogP contribution in [0, 0.1) is 5.92 Å². The number of rotatable bonds is 2. The first-order valence-corrected chi connectivity index (χ1v) is 10.2. The standard InChI is InChI=1S/C21H22ClN3O3/c22-15-7-5-14(6-8-15)21-13-17-16(3-1-9-23-17)19(26)24(21)10-11-25(21)20(27)18-4-2-12-28-18/h1-3,7,9,12,14,18H,4-6,8,10-11,13H2. The van der Waals surface area contributed by atoms with Gasteiger partial charge in [-0.1, -0.05) is 17.7 Å². The predicted molar refractivity (Wildman–Crippen MR) is 103 cm³/mol. The van der Waals surface area contributed by atoms with Crippen LogP contribution in [0.2, 0.25) is 0 Å². The van der Waals surface area contributed by atoms with Gasteiger partial charge in [-0.25, -0.2) is 0 Å². The number of carbonyl (C=O) groups excluding carboxylic acids is 2. The second-order valence-electron chi connectivity index (χ2n) is 7.85. The maximum absolute atomic E-state index is 13.4. The van der Waals surface area contributed by atoms with E-state index in [-0.39, 0.29) is 17.7 Å². The second kappa shape index (κ2) is 6.62. The Hall–Kier alpha value is -2.34. The van der Waals surface area contributed by atoms with Crippen LogP contribution in [-0.2, 0) is 16.0 Å². The highest BCUT2D eigenvalue weighted by Gasteiger charge is 2.59. The van der Waals surface area contributed by atoms with E-state index in [1.54, 1.807) is 18.5 Å². The van der Waals surface area contributed by atoms with E-state index in [1.165, 1.54) is 0 Å². The van der Waals surface area contributed by atoms with E-state index >= 15 is 0 Å². The molecular formula is C21H22ClN3O3. The molecule has 4 aliphatic rings. The maximum Gasteiger partial charge on any atom is 0.265 e. The number of halogens is 1. The molecule has 3 aliphatic heterocycles. The predicted octanol–water partition coefficient (Wildman–Crippen LogP) is 2.84. The number of pyridine rings is 1. The largest absolute Gasteiger partial charge is 0.488 e. The van der Waals surface area contributed by atoms with Crippen molar-refractivity contribution in [2.75, 3.05) is 13.1 Å². The van der Waals surface area contributed by atoms with Crippen molar-refractivity contribution in [2.45, 2.75) is 43.9 Å². The van der Waals surface area contributed by atoms with Crippen LogP contribution in [-0.4, -0.2) is 51.5 Å². The van der Waals surface area contributed by atoms with Crippen molar-refractivity contribution >= 4 is 23.4 Å². The zero-order valence-electron chi connectivity index (χ0n) is 15.5. The minimum absolute atomic E-state index is 0.0317. The SMILES string of the molecule is O=C1c2cccnc2CC2(C3CC=C(Cl)CC3)N1CCN2C(=O)C1CC=CO1. The minimum atomic E-state index is -0.699. The smallest absolute Gasteiger partial charge is 0.265 e. The third-order valence-electron chi connectivity index (χ3n) is 6.52. The van der Waals surface area contributed by atoms with Gasteiger partial charge < -0.3 is 14.5 Å². The van der Waals surface area contributed by atoms with Gasteiger partial charge in [0, 0.05) is 43.1 Å². The van der Waals surface area contributed by atoms with Crippen molar-refractivity contribution in [1.29, 1.82) is 0 Å². The van der Waals surface area contributed by atoms with E-state index in [0.29, 0.717) is 31.5 Å². The van der Waals surface area contributed by atoms with Gasteiger partial charge in [0.2, 0.25) is 0 Å². The Balaban J connectivity index is 1.59. The highest BCUT2D eigenvalue weighted by molar-refractivity contribution is 6.29. The van der Waals surface area contributed by atoms with Gasteiger partial charge in [0.15, 0.2) is 6.10 Å². The Bertz CT molecular complexity index is 891. The number of nitrogens with zero attached hydrogens (tertiary/aromatic N) is 3. The van der Waals surface area contributed by atoms with E-state index in [9.17, 15) is 9.59 Å². The summed E-state index contributed by atoms with van der Waals surface area (Å²) in [6, 6.07) is 3.63. The number of carbonyl (C=O) groups is 2. The fourth-order valence-electron chi connectivity index (χ4n) is 5.19. The van der Waals surface area contributed by atoms with Crippen LogP contribution in [0.1, 0.15) is 41.7 Å². The summed E-state index contributed by atoms with van der Waals surface area (Å²) in [6.45, 7) is 1.05. The quantitative estimate of drug-likeness (QED) is 0.767. The lowest BCUT2D eigenvalue weighted by Crippen LogP contribution is -2.66. The molecule has 6 nitrogen and oxygen atoms in total. The van der Waals surface area contributed by atoms with Crippen LogP contribution in [0.25, 0.3) is 0 Å². The Morgan fingerprint density at radius 3 is 2.96 bits per heavy atom. The molecule has 4 heterocycles.